The maximum Gasteiger partial charge on any atom is 0.122 e. The van der Waals surface area contributed by atoms with Gasteiger partial charge in [0.05, 0.1) is 14.2 Å². The molecule has 0 saturated heterocycles. The largest absolute Gasteiger partial charge is 0.497 e. The number of rotatable bonds is 9. The van der Waals surface area contributed by atoms with Gasteiger partial charge in [-0.2, -0.15) is 0 Å². The molecule has 1 aromatic rings. The third-order valence-electron chi connectivity index (χ3n) is 3.62. The second-order valence-electron chi connectivity index (χ2n) is 5.22. The molecule has 1 saturated carbocycles. The Hall–Kier alpha value is -1.22. The monoisotopic (exact) mass is 263 g/mol. The van der Waals surface area contributed by atoms with Crippen molar-refractivity contribution in [2.45, 2.75) is 44.6 Å². The Labute approximate surface area is 116 Å². The zero-order valence-corrected chi connectivity index (χ0v) is 12.1. The van der Waals surface area contributed by atoms with Crippen LogP contribution in [0.2, 0.25) is 0 Å². The summed E-state index contributed by atoms with van der Waals surface area (Å²) in [6, 6.07) is 6.85. The van der Waals surface area contributed by atoms with E-state index >= 15 is 0 Å². The molecule has 0 bridgehead atoms. The number of benzene rings is 1. The Morgan fingerprint density at radius 1 is 1.11 bits per heavy atom. The van der Waals surface area contributed by atoms with Gasteiger partial charge in [-0.25, -0.2) is 0 Å². The normalized spacial score (nSPS) is 14.4. The summed E-state index contributed by atoms with van der Waals surface area (Å²) in [6.07, 6.45) is 7.55. The van der Waals surface area contributed by atoms with E-state index in [1.54, 1.807) is 14.2 Å². The van der Waals surface area contributed by atoms with E-state index in [1.165, 1.54) is 44.2 Å². The average molecular weight is 263 g/mol. The molecule has 2 rings (SSSR count). The number of ether oxygens (including phenoxy) is 2. The van der Waals surface area contributed by atoms with Crippen molar-refractivity contribution in [2.75, 3.05) is 20.8 Å². The molecule has 0 atom stereocenters. The first kappa shape index (κ1) is 14.2. The highest BCUT2D eigenvalue weighted by atomic mass is 16.5. The number of unbranched alkanes of at least 4 members (excludes halogenated alkanes) is 2. The van der Waals surface area contributed by atoms with Gasteiger partial charge in [0, 0.05) is 6.04 Å². The van der Waals surface area contributed by atoms with Crippen molar-refractivity contribution >= 4 is 0 Å². The van der Waals surface area contributed by atoms with Crippen molar-refractivity contribution in [2.24, 2.45) is 0 Å². The van der Waals surface area contributed by atoms with Crippen LogP contribution in [0.3, 0.4) is 0 Å². The van der Waals surface area contributed by atoms with E-state index in [-0.39, 0.29) is 0 Å². The number of aryl methyl sites for hydroxylation is 1. The van der Waals surface area contributed by atoms with E-state index in [0.29, 0.717) is 0 Å². The molecule has 0 unspecified atom stereocenters. The SMILES string of the molecule is COc1ccc(OC)c(CCCCCNC2CC2)c1. The quantitative estimate of drug-likeness (QED) is 0.694. The summed E-state index contributed by atoms with van der Waals surface area (Å²) < 4.78 is 10.7. The van der Waals surface area contributed by atoms with Gasteiger partial charge in [-0.1, -0.05) is 6.42 Å². The highest BCUT2D eigenvalue weighted by Gasteiger charge is 2.19. The Balaban J connectivity index is 1.70. The van der Waals surface area contributed by atoms with Crippen molar-refractivity contribution < 1.29 is 9.47 Å². The third kappa shape index (κ3) is 4.75. The zero-order valence-electron chi connectivity index (χ0n) is 12.1. The lowest BCUT2D eigenvalue weighted by Crippen LogP contribution is -2.17. The lowest BCUT2D eigenvalue weighted by atomic mass is 10.1. The molecule has 19 heavy (non-hydrogen) atoms. The summed E-state index contributed by atoms with van der Waals surface area (Å²) in [5.74, 6) is 1.88. The van der Waals surface area contributed by atoms with E-state index in [2.05, 4.69) is 11.4 Å². The van der Waals surface area contributed by atoms with Crippen LogP contribution in [0.5, 0.6) is 11.5 Å². The number of nitrogens with one attached hydrogen (secondary N) is 1. The molecule has 3 heteroatoms. The smallest absolute Gasteiger partial charge is 0.122 e. The molecule has 0 radical (unpaired) electrons. The molecule has 1 aliphatic rings. The molecule has 1 N–H and O–H groups in total. The van der Waals surface area contributed by atoms with Crippen molar-refractivity contribution in [1.82, 2.24) is 5.32 Å². The molecule has 1 aliphatic carbocycles. The molecule has 3 nitrogen and oxygen atoms in total. The summed E-state index contributed by atoms with van der Waals surface area (Å²) >= 11 is 0. The molecule has 1 fully saturated rings. The minimum absolute atomic E-state index is 0.832. The third-order valence-corrected chi connectivity index (χ3v) is 3.62. The second kappa shape index (κ2) is 7.39. The minimum Gasteiger partial charge on any atom is -0.497 e. The van der Waals surface area contributed by atoms with Crippen LogP contribution in [0.15, 0.2) is 18.2 Å². The van der Waals surface area contributed by atoms with E-state index < -0.39 is 0 Å². The van der Waals surface area contributed by atoms with Crippen LogP contribution in [0, 0.1) is 0 Å². The van der Waals surface area contributed by atoms with Crippen LogP contribution in [0.1, 0.15) is 37.7 Å². The fourth-order valence-corrected chi connectivity index (χ4v) is 2.29. The fourth-order valence-electron chi connectivity index (χ4n) is 2.29. The van der Waals surface area contributed by atoms with E-state index in [1.807, 2.05) is 12.1 Å². The molecule has 0 amide bonds. The summed E-state index contributed by atoms with van der Waals surface area (Å²) in [4.78, 5) is 0. The van der Waals surface area contributed by atoms with Crippen LogP contribution < -0.4 is 14.8 Å². The number of methoxy groups -OCH3 is 2. The van der Waals surface area contributed by atoms with Crippen LogP contribution >= 0.6 is 0 Å². The predicted octanol–water partition coefficient (Wildman–Crippen LogP) is 3.17. The number of hydrogen-bond acceptors (Lipinski definition) is 3. The predicted molar refractivity (Wildman–Crippen MR) is 78.1 cm³/mol. The van der Waals surface area contributed by atoms with E-state index in [9.17, 15) is 0 Å². The molecule has 106 valence electrons. The maximum atomic E-state index is 5.39. The van der Waals surface area contributed by atoms with Gasteiger partial charge in [-0.05, 0) is 62.4 Å². The molecule has 0 heterocycles. The average Bonchev–Trinajstić information content (AvgIpc) is 3.26. The van der Waals surface area contributed by atoms with Gasteiger partial charge in [0.15, 0.2) is 0 Å². The van der Waals surface area contributed by atoms with Crippen molar-refractivity contribution in [1.29, 1.82) is 0 Å². The van der Waals surface area contributed by atoms with E-state index in [0.717, 1.165) is 24.0 Å². The molecule has 0 aromatic heterocycles. The summed E-state index contributed by atoms with van der Waals surface area (Å²) in [5, 5.41) is 3.55. The first-order chi connectivity index (χ1) is 9.33. The molecule has 0 aliphatic heterocycles. The standard InChI is InChI=1S/C16H25NO2/c1-18-15-9-10-16(19-2)13(12-15)6-4-3-5-11-17-14-7-8-14/h9-10,12,14,17H,3-8,11H2,1-2H3. The molecular formula is C16H25NO2. The fraction of sp³-hybridized carbons (Fsp3) is 0.625. The Morgan fingerprint density at radius 2 is 1.95 bits per heavy atom. The highest BCUT2D eigenvalue weighted by Crippen LogP contribution is 2.25. The lowest BCUT2D eigenvalue weighted by Gasteiger charge is -2.10. The van der Waals surface area contributed by atoms with Crippen molar-refractivity contribution in [3.8, 4) is 11.5 Å². The summed E-state index contributed by atoms with van der Waals surface area (Å²) in [6.45, 7) is 1.17. The van der Waals surface area contributed by atoms with Crippen LogP contribution in [-0.4, -0.2) is 26.8 Å². The minimum atomic E-state index is 0.832. The van der Waals surface area contributed by atoms with Gasteiger partial charge >= 0.3 is 0 Å². The van der Waals surface area contributed by atoms with Gasteiger partial charge in [0.1, 0.15) is 11.5 Å². The number of hydrogen-bond donors (Lipinski definition) is 1. The van der Waals surface area contributed by atoms with Crippen LogP contribution in [0.25, 0.3) is 0 Å². The van der Waals surface area contributed by atoms with Gasteiger partial charge in [0.2, 0.25) is 0 Å². The Morgan fingerprint density at radius 3 is 2.63 bits per heavy atom. The van der Waals surface area contributed by atoms with Gasteiger partial charge in [0.25, 0.3) is 0 Å². The maximum absolute atomic E-state index is 5.39. The summed E-state index contributed by atoms with van der Waals surface area (Å²) in [5.41, 5.74) is 1.25. The van der Waals surface area contributed by atoms with Crippen LogP contribution in [0.4, 0.5) is 0 Å². The topological polar surface area (TPSA) is 30.5 Å². The van der Waals surface area contributed by atoms with Gasteiger partial charge < -0.3 is 14.8 Å². The lowest BCUT2D eigenvalue weighted by molar-refractivity contribution is 0.398. The van der Waals surface area contributed by atoms with E-state index in [4.69, 9.17) is 9.47 Å². The highest BCUT2D eigenvalue weighted by molar-refractivity contribution is 5.40. The molecule has 0 spiro atoms. The van der Waals surface area contributed by atoms with Gasteiger partial charge in [-0.3, -0.25) is 0 Å². The first-order valence-corrected chi connectivity index (χ1v) is 7.28. The van der Waals surface area contributed by atoms with Crippen molar-refractivity contribution in [3.63, 3.8) is 0 Å². The molecular weight excluding hydrogens is 238 g/mol. The Bertz CT molecular complexity index is 388. The summed E-state index contributed by atoms with van der Waals surface area (Å²) in [7, 11) is 3.43. The second-order valence-corrected chi connectivity index (χ2v) is 5.22. The molecule has 1 aromatic carbocycles. The first-order valence-electron chi connectivity index (χ1n) is 7.28. The zero-order chi connectivity index (χ0) is 13.5. The Kier molecular flexibility index (Phi) is 5.52. The van der Waals surface area contributed by atoms with Gasteiger partial charge in [-0.15, -0.1) is 0 Å². The van der Waals surface area contributed by atoms with Crippen LogP contribution in [-0.2, 0) is 6.42 Å². The van der Waals surface area contributed by atoms with Crippen molar-refractivity contribution in [3.05, 3.63) is 23.8 Å².